The molecule has 0 fully saturated rings. The smallest absolute Gasteiger partial charge is 0.221 e. The molecule has 0 aromatic heterocycles. The molecule has 100 valence electrons. The first kappa shape index (κ1) is 14.7. The Balaban J connectivity index is 2.73. The Kier molecular flexibility index (Phi) is 5.86. The van der Waals surface area contributed by atoms with Crippen LogP contribution in [0.15, 0.2) is 24.3 Å². The van der Waals surface area contributed by atoms with E-state index in [4.69, 9.17) is 0 Å². The summed E-state index contributed by atoms with van der Waals surface area (Å²) >= 11 is 0. The van der Waals surface area contributed by atoms with Crippen LogP contribution in [-0.2, 0) is 4.79 Å². The minimum atomic E-state index is -0.0345. The molecule has 0 aliphatic rings. The average molecular weight is 248 g/mol. The molecule has 1 aromatic rings. The van der Waals surface area contributed by atoms with Gasteiger partial charge in [0.2, 0.25) is 5.91 Å². The Morgan fingerprint density at radius 2 is 1.94 bits per heavy atom. The molecule has 1 amide bonds. The number of nitrogens with one attached hydrogen (secondary N) is 2. The summed E-state index contributed by atoms with van der Waals surface area (Å²) in [5.74, 6) is -0.0345. The molecule has 1 rings (SSSR count). The number of carbonyl (C=O) groups is 1. The summed E-state index contributed by atoms with van der Waals surface area (Å²) in [5.41, 5.74) is 2.06. The summed E-state index contributed by atoms with van der Waals surface area (Å²) in [6.07, 6.45) is 2.26. The Morgan fingerprint density at radius 1 is 1.28 bits per heavy atom. The first-order valence-corrected chi connectivity index (χ1v) is 6.70. The average Bonchev–Trinajstić information content (AvgIpc) is 2.35. The van der Waals surface area contributed by atoms with Crippen LogP contribution in [0.4, 0.5) is 5.69 Å². The van der Waals surface area contributed by atoms with Gasteiger partial charge in [0.15, 0.2) is 0 Å². The van der Waals surface area contributed by atoms with Crippen LogP contribution in [0.25, 0.3) is 0 Å². The zero-order chi connectivity index (χ0) is 13.5. The largest absolute Gasteiger partial charge is 0.326 e. The molecule has 1 atom stereocenters. The van der Waals surface area contributed by atoms with Crippen molar-refractivity contribution in [2.24, 2.45) is 0 Å². The van der Waals surface area contributed by atoms with Gasteiger partial charge in [-0.3, -0.25) is 4.79 Å². The molecule has 0 heterocycles. The molecule has 0 aliphatic carbocycles. The lowest BCUT2D eigenvalue weighted by molar-refractivity contribution is -0.114. The van der Waals surface area contributed by atoms with E-state index in [9.17, 15) is 4.79 Å². The summed E-state index contributed by atoms with van der Waals surface area (Å²) in [5, 5.41) is 6.42. The van der Waals surface area contributed by atoms with Crippen LogP contribution >= 0.6 is 0 Å². The number of carbonyl (C=O) groups excluding carboxylic acids is 1. The fraction of sp³-hybridized carbons (Fsp3) is 0.533. The van der Waals surface area contributed by atoms with Gasteiger partial charge in [-0.05, 0) is 37.5 Å². The monoisotopic (exact) mass is 248 g/mol. The number of amides is 1. The van der Waals surface area contributed by atoms with Gasteiger partial charge in [0.25, 0.3) is 0 Å². The third kappa shape index (κ3) is 4.49. The molecule has 2 N–H and O–H groups in total. The van der Waals surface area contributed by atoms with Gasteiger partial charge in [-0.2, -0.15) is 0 Å². The first-order valence-electron chi connectivity index (χ1n) is 6.70. The second-order valence-electron chi connectivity index (χ2n) is 4.71. The number of benzene rings is 1. The van der Waals surface area contributed by atoms with E-state index in [-0.39, 0.29) is 5.91 Å². The van der Waals surface area contributed by atoms with Crippen molar-refractivity contribution in [2.45, 2.75) is 52.6 Å². The third-order valence-corrected chi connectivity index (χ3v) is 3.18. The Bertz CT molecular complexity index is 386. The van der Waals surface area contributed by atoms with Crippen LogP contribution in [0.2, 0.25) is 0 Å². The van der Waals surface area contributed by atoms with Crippen LogP contribution in [0.1, 0.15) is 52.1 Å². The summed E-state index contributed by atoms with van der Waals surface area (Å²) in [6.45, 7) is 8.08. The van der Waals surface area contributed by atoms with Crippen molar-refractivity contribution >= 4 is 11.6 Å². The minimum absolute atomic E-state index is 0.0345. The van der Waals surface area contributed by atoms with Crippen molar-refractivity contribution in [1.29, 1.82) is 0 Å². The van der Waals surface area contributed by atoms with Gasteiger partial charge in [-0.15, -0.1) is 0 Å². The highest BCUT2D eigenvalue weighted by Crippen LogP contribution is 2.18. The first-order chi connectivity index (χ1) is 8.56. The maximum Gasteiger partial charge on any atom is 0.221 e. The maximum absolute atomic E-state index is 11.0. The van der Waals surface area contributed by atoms with Crippen molar-refractivity contribution < 1.29 is 4.79 Å². The second kappa shape index (κ2) is 7.17. The zero-order valence-corrected chi connectivity index (χ0v) is 11.8. The van der Waals surface area contributed by atoms with Crippen molar-refractivity contribution in [1.82, 2.24) is 5.32 Å². The zero-order valence-electron chi connectivity index (χ0n) is 11.8. The summed E-state index contributed by atoms with van der Waals surface area (Å²) in [6, 6.07) is 8.85. The predicted octanol–water partition coefficient (Wildman–Crippen LogP) is 3.48. The van der Waals surface area contributed by atoms with Gasteiger partial charge >= 0.3 is 0 Å². The number of hydrogen-bond donors (Lipinski definition) is 2. The topological polar surface area (TPSA) is 41.1 Å². The van der Waals surface area contributed by atoms with Gasteiger partial charge in [-0.25, -0.2) is 0 Å². The van der Waals surface area contributed by atoms with Crippen molar-refractivity contribution in [3.05, 3.63) is 29.8 Å². The molecule has 0 bridgehead atoms. The summed E-state index contributed by atoms with van der Waals surface area (Å²) in [4.78, 5) is 11.0. The molecule has 1 unspecified atom stereocenters. The molecule has 0 spiro atoms. The van der Waals surface area contributed by atoms with E-state index in [0.717, 1.165) is 18.5 Å². The van der Waals surface area contributed by atoms with Crippen LogP contribution in [0.5, 0.6) is 0 Å². The van der Waals surface area contributed by atoms with E-state index in [1.165, 1.54) is 12.5 Å². The lowest BCUT2D eigenvalue weighted by Gasteiger charge is -2.21. The SMILES string of the molecule is CCC(CC)NC(C)c1cccc(NC(C)=O)c1. The lowest BCUT2D eigenvalue weighted by Crippen LogP contribution is -2.30. The summed E-state index contributed by atoms with van der Waals surface area (Å²) in [7, 11) is 0. The van der Waals surface area contributed by atoms with Crippen molar-refractivity contribution in [2.75, 3.05) is 5.32 Å². The quantitative estimate of drug-likeness (QED) is 0.809. The molecular formula is C15H24N2O. The summed E-state index contributed by atoms with van der Waals surface area (Å²) < 4.78 is 0. The van der Waals surface area contributed by atoms with Gasteiger partial charge in [0.05, 0.1) is 0 Å². The number of hydrogen-bond acceptors (Lipinski definition) is 2. The van der Waals surface area contributed by atoms with E-state index < -0.39 is 0 Å². The van der Waals surface area contributed by atoms with Gasteiger partial charge in [0, 0.05) is 24.7 Å². The lowest BCUT2D eigenvalue weighted by atomic mass is 10.0. The van der Waals surface area contributed by atoms with Crippen LogP contribution in [-0.4, -0.2) is 11.9 Å². The fourth-order valence-electron chi connectivity index (χ4n) is 2.06. The maximum atomic E-state index is 11.0. The molecule has 0 aliphatic heterocycles. The van der Waals surface area contributed by atoms with Gasteiger partial charge in [-0.1, -0.05) is 26.0 Å². The van der Waals surface area contributed by atoms with E-state index in [0.29, 0.717) is 12.1 Å². The van der Waals surface area contributed by atoms with Gasteiger partial charge in [0.1, 0.15) is 0 Å². The molecule has 1 aromatic carbocycles. The molecule has 3 nitrogen and oxygen atoms in total. The van der Waals surface area contributed by atoms with E-state index in [1.54, 1.807) is 0 Å². The van der Waals surface area contributed by atoms with Gasteiger partial charge < -0.3 is 10.6 Å². The Morgan fingerprint density at radius 3 is 2.50 bits per heavy atom. The van der Waals surface area contributed by atoms with Crippen LogP contribution < -0.4 is 10.6 Å². The van der Waals surface area contributed by atoms with Crippen LogP contribution in [0.3, 0.4) is 0 Å². The van der Waals surface area contributed by atoms with Crippen molar-refractivity contribution in [3.63, 3.8) is 0 Å². The standard InChI is InChI=1S/C15H24N2O/c1-5-14(6-2)16-11(3)13-8-7-9-15(10-13)17-12(4)18/h7-11,14,16H,5-6H2,1-4H3,(H,17,18). The van der Waals surface area contributed by atoms with E-state index in [1.807, 2.05) is 18.2 Å². The van der Waals surface area contributed by atoms with Crippen LogP contribution in [0, 0.1) is 0 Å². The number of anilines is 1. The molecule has 0 radical (unpaired) electrons. The Labute approximate surface area is 110 Å². The molecule has 0 saturated carbocycles. The Hall–Kier alpha value is -1.35. The molecule has 0 saturated heterocycles. The highest BCUT2D eigenvalue weighted by Gasteiger charge is 2.10. The normalized spacial score (nSPS) is 12.5. The van der Waals surface area contributed by atoms with E-state index >= 15 is 0 Å². The second-order valence-corrected chi connectivity index (χ2v) is 4.71. The molecule has 18 heavy (non-hydrogen) atoms. The highest BCUT2D eigenvalue weighted by molar-refractivity contribution is 5.88. The molecular weight excluding hydrogens is 224 g/mol. The van der Waals surface area contributed by atoms with E-state index in [2.05, 4.69) is 37.5 Å². The minimum Gasteiger partial charge on any atom is -0.326 e. The highest BCUT2D eigenvalue weighted by atomic mass is 16.1. The predicted molar refractivity (Wildman–Crippen MR) is 76.7 cm³/mol. The van der Waals surface area contributed by atoms with Crippen molar-refractivity contribution in [3.8, 4) is 0 Å². The number of rotatable bonds is 6. The molecule has 3 heteroatoms. The fourth-order valence-corrected chi connectivity index (χ4v) is 2.06. The third-order valence-electron chi connectivity index (χ3n) is 3.18.